The quantitative estimate of drug-likeness (QED) is 0.789. The van der Waals surface area contributed by atoms with Crippen LogP contribution < -0.4 is 0 Å². The number of hydrogen-bond acceptors (Lipinski definition) is 3. The maximum absolute atomic E-state index is 12.6. The monoisotopic (exact) mass is 336 g/mol. The third-order valence-corrected chi connectivity index (χ3v) is 4.51. The van der Waals surface area contributed by atoms with Crippen molar-refractivity contribution in [1.29, 1.82) is 0 Å². The van der Waals surface area contributed by atoms with Gasteiger partial charge in [-0.05, 0) is 37.1 Å². The standard InChI is InChI=1S/C20H20N2O3/c1-3-21(2)18(23)15-9-10-16-17(13-15)20(25)22(19(16)24)12-11-14-7-5-4-6-8-14/h4-10,13H,3,11-12H2,1-2H3. The smallest absolute Gasteiger partial charge is 0.261 e. The SMILES string of the molecule is CCN(C)C(=O)c1ccc2c(c1)C(=O)N(CCc1ccccc1)C2=O. The van der Waals surface area contributed by atoms with Crippen LogP contribution >= 0.6 is 0 Å². The molecular weight excluding hydrogens is 316 g/mol. The number of rotatable bonds is 5. The highest BCUT2D eigenvalue weighted by molar-refractivity contribution is 6.22. The molecular formula is C20H20N2O3. The molecule has 1 aliphatic heterocycles. The van der Waals surface area contributed by atoms with Gasteiger partial charge in [-0.2, -0.15) is 0 Å². The van der Waals surface area contributed by atoms with Gasteiger partial charge in [0, 0.05) is 25.7 Å². The number of fused-ring (bicyclic) bond motifs is 1. The van der Waals surface area contributed by atoms with Crippen LogP contribution in [0.4, 0.5) is 0 Å². The minimum Gasteiger partial charge on any atom is -0.342 e. The van der Waals surface area contributed by atoms with Crippen molar-refractivity contribution in [3.63, 3.8) is 0 Å². The van der Waals surface area contributed by atoms with Crippen LogP contribution in [0.2, 0.25) is 0 Å². The van der Waals surface area contributed by atoms with E-state index in [1.165, 1.54) is 11.0 Å². The summed E-state index contributed by atoms with van der Waals surface area (Å²) < 4.78 is 0. The Balaban J connectivity index is 1.80. The van der Waals surface area contributed by atoms with Gasteiger partial charge >= 0.3 is 0 Å². The van der Waals surface area contributed by atoms with Gasteiger partial charge in [0.25, 0.3) is 17.7 Å². The van der Waals surface area contributed by atoms with Gasteiger partial charge in [-0.15, -0.1) is 0 Å². The van der Waals surface area contributed by atoms with Gasteiger partial charge in [0.1, 0.15) is 0 Å². The Morgan fingerprint density at radius 2 is 1.68 bits per heavy atom. The molecule has 0 fully saturated rings. The van der Waals surface area contributed by atoms with Gasteiger partial charge in [0.05, 0.1) is 11.1 Å². The molecule has 2 aromatic carbocycles. The lowest BCUT2D eigenvalue weighted by Gasteiger charge is -2.14. The van der Waals surface area contributed by atoms with E-state index in [0.29, 0.717) is 36.2 Å². The number of benzene rings is 2. The molecule has 128 valence electrons. The summed E-state index contributed by atoms with van der Waals surface area (Å²) in [5.41, 5.74) is 2.18. The lowest BCUT2D eigenvalue weighted by Crippen LogP contribution is -2.31. The molecule has 0 atom stereocenters. The molecule has 2 aromatic rings. The Labute approximate surface area is 146 Å². The number of nitrogens with zero attached hydrogens (tertiary/aromatic N) is 2. The summed E-state index contributed by atoms with van der Waals surface area (Å²) in [6, 6.07) is 14.4. The van der Waals surface area contributed by atoms with Crippen molar-refractivity contribution in [1.82, 2.24) is 9.80 Å². The fraction of sp³-hybridized carbons (Fsp3) is 0.250. The number of carbonyl (C=O) groups excluding carboxylic acids is 3. The molecule has 0 bridgehead atoms. The van der Waals surface area contributed by atoms with E-state index in [4.69, 9.17) is 0 Å². The normalized spacial score (nSPS) is 13.1. The molecule has 0 aromatic heterocycles. The Bertz CT molecular complexity index is 830. The van der Waals surface area contributed by atoms with E-state index in [2.05, 4.69) is 0 Å². The number of hydrogen-bond donors (Lipinski definition) is 0. The minimum absolute atomic E-state index is 0.159. The second kappa shape index (κ2) is 6.89. The van der Waals surface area contributed by atoms with Gasteiger partial charge < -0.3 is 4.90 Å². The summed E-state index contributed by atoms with van der Waals surface area (Å²) in [4.78, 5) is 40.2. The minimum atomic E-state index is -0.329. The second-order valence-corrected chi connectivity index (χ2v) is 6.08. The second-order valence-electron chi connectivity index (χ2n) is 6.08. The first kappa shape index (κ1) is 16.9. The summed E-state index contributed by atoms with van der Waals surface area (Å²) in [6.07, 6.45) is 0.608. The Morgan fingerprint density at radius 3 is 2.36 bits per heavy atom. The predicted molar refractivity (Wildman–Crippen MR) is 94.6 cm³/mol. The first-order valence-corrected chi connectivity index (χ1v) is 8.32. The van der Waals surface area contributed by atoms with Crippen LogP contribution in [0.25, 0.3) is 0 Å². The molecule has 0 unspecified atom stereocenters. The van der Waals surface area contributed by atoms with Crippen LogP contribution in [0.3, 0.4) is 0 Å². The van der Waals surface area contributed by atoms with Gasteiger partial charge in [-0.25, -0.2) is 0 Å². The third-order valence-electron chi connectivity index (χ3n) is 4.51. The van der Waals surface area contributed by atoms with Crippen molar-refractivity contribution < 1.29 is 14.4 Å². The van der Waals surface area contributed by atoms with Crippen molar-refractivity contribution in [2.45, 2.75) is 13.3 Å². The van der Waals surface area contributed by atoms with Crippen LogP contribution in [0, 0.1) is 0 Å². The lowest BCUT2D eigenvalue weighted by molar-refractivity contribution is 0.0656. The topological polar surface area (TPSA) is 57.7 Å². The highest BCUT2D eigenvalue weighted by atomic mass is 16.2. The highest BCUT2D eigenvalue weighted by Gasteiger charge is 2.35. The van der Waals surface area contributed by atoms with E-state index >= 15 is 0 Å². The molecule has 0 saturated heterocycles. The van der Waals surface area contributed by atoms with Gasteiger partial charge in [0.2, 0.25) is 0 Å². The van der Waals surface area contributed by atoms with Crippen LogP contribution in [-0.2, 0) is 6.42 Å². The van der Waals surface area contributed by atoms with Crippen LogP contribution in [0.1, 0.15) is 43.6 Å². The summed E-state index contributed by atoms with van der Waals surface area (Å²) >= 11 is 0. The first-order valence-electron chi connectivity index (χ1n) is 8.32. The summed E-state index contributed by atoms with van der Waals surface area (Å²) in [7, 11) is 1.70. The summed E-state index contributed by atoms with van der Waals surface area (Å²) in [5, 5.41) is 0. The number of amides is 3. The zero-order chi connectivity index (χ0) is 18.0. The Kier molecular flexibility index (Phi) is 4.65. The lowest BCUT2D eigenvalue weighted by atomic mass is 10.1. The third kappa shape index (κ3) is 3.18. The van der Waals surface area contributed by atoms with Crippen molar-refractivity contribution in [3.05, 3.63) is 70.8 Å². The average molecular weight is 336 g/mol. The maximum Gasteiger partial charge on any atom is 0.261 e. The first-order chi connectivity index (χ1) is 12.0. The van der Waals surface area contributed by atoms with Gasteiger partial charge in [0.15, 0.2) is 0 Å². The number of imide groups is 1. The molecule has 5 heteroatoms. The van der Waals surface area contributed by atoms with Gasteiger partial charge in [-0.1, -0.05) is 30.3 Å². The molecule has 0 aliphatic carbocycles. The predicted octanol–water partition coefficient (Wildman–Crippen LogP) is 2.62. The highest BCUT2D eigenvalue weighted by Crippen LogP contribution is 2.24. The number of carbonyl (C=O) groups is 3. The summed E-state index contributed by atoms with van der Waals surface area (Å²) in [5.74, 6) is -0.781. The molecule has 1 aliphatic rings. The van der Waals surface area contributed by atoms with Crippen molar-refractivity contribution in [2.24, 2.45) is 0 Å². The molecule has 0 spiro atoms. The molecule has 1 heterocycles. The molecule has 0 radical (unpaired) electrons. The molecule has 0 saturated carbocycles. The van der Waals surface area contributed by atoms with E-state index in [-0.39, 0.29) is 17.7 Å². The molecule has 0 N–H and O–H groups in total. The Morgan fingerprint density at radius 1 is 1.00 bits per heavy atom. The van der Waals surface area contributed by atoms with E-state index in [9.17, 15) is 14.4 Å². The maximum atomic E-state index is 12.6. The summed E-state index contributed by atoms with van der Waals surface area (Å²) in [6.45, 7) is 2.78. The van der Waals surface area contributed by atoms with Gasteiger partial charge in [-0.3, -0.25) is 19.3 Å². The van der Waals surface area contributed by atoms with Crippen molar-refractivity contribution in [3.8, 4) is 0 Å². The molecule has 25 heavy (non-hydrogen) atoms. The molecule has 5 nitrogen and oxygen atoms in total. The molecule has 3 rings (SSSR count). The van der Waals surface area contributed by atoms with Crippen LogP contribution in [0.5, 0.6) is 0 Å². The van der Waals surface area contributed by atoms with E-state index in [0.717, 1.165) is 5.56 Å². The van der Waals surface area contributed by atoms with Crippen molar-refractivity contribution in [2.75, 3.05) is 20.1 Å². The van der Waals surface area contributed by atoms with E-state index in [1.807, 2.05) is 37.3 Å². The fourth-order valence-electron chi connectivity index (χ4n) is 2.88. The Hall–Kier alpha value is -2.95. The van der Waals surface area contributed by atoms with E-state index in [1.54, 1.807) is 24.1 Å². The zero-order valence-corrected chi connectivity index (χ0v) is 14.4. The zero-order valence-electron chi connectivity index (χ0n) is 14.4. The van der Waals surface area contributed by atoms with Crippen molar-refractivity contribution >= 4 is 17.7 Å². The average Bonchev–Trinajstić information content (AvgIpc) is 2.89. The van der Waals surface area contributed by atoms with Crippen LogP contribution in [0.15, 0.2) is 48.5 Å². The van der Waals surface area contributed by atoms with E-state index < -0.39 is 0 Å². The largest absolute Gasteiger partial charge is 0.342 e. The molecule has 3 amide bonds. The fourth-order valence-corrected chi connectivity index (χ4v) is 2.88. The van der Waals surface area contributed by atoms with Crippen LogP contribution in [-0.4, -0.2) is 47.7 Å².